The maximum atomic E-state index is 12.5. The zero-order chi connectivity index (χ0) is 19.5. The predicted molar refractivity (Wildman–Crippen MR) is 111 cm³/mol. The van der Waals surface area contributed by atoms with E-state index in [0.717, 1.165) is 33.2 Å². The van der Waals surface area contributed by atoms with Crippen LogP contribution < -0.4 is 16.3 Å². The molecule has 144 valence electrons. The van der Waals surface area contributed by atoms with Crippen molar-refractivity contribution in [3.05, 3.63) is 52.0 Å². The average Bonchev–Trinajstić information content (AvgIpc) is 3.18. The monoisotopic (exact) mass is 460 g/mol. The van der Waals surface area contributed by atoms with Crippen LogP contribution in [0.4, 0.5) is 5.69 Å². The van der Waals surface area contributed by atoms with Crippen molar-refractivity contribution in [3.8, 4) is 0 Å². The van der Waals surface area contributed by atoms with Gasteiger partial charge in [0.25, 0.3) is 11.8 Å². The molecule has 1 aliphatic rings. The van der Waals surface area contributed by atoms with Crippen LogP contribution in [0.1, 0.15) is 33.6 Å². The first-order valence-corrected chi connectivity index (χ1v) is 10.3. The fourth-order valence-electron chi connectivity index (χ4n) is 2.96. The van der Waals surface area contributed by atoms with E-state index in [9.17, 15) is 9.59 Å². The molecule has 2 heterocycles. The van der Waals surface area contributed by atoms with Crippen LogP contribution in [0.15, 0.2) is 40.9 Å². The molecule has 0 unspecified atom stereocenters. The van der Waals surface area contributed by atoms with Gasteiger partial charge >= 0.3 is 0 Å². The number of aromatic nitrogens is 2. The summed E-state index contributed by atoms with van der Waals surface area (Å²) in [7, 11) is 0. The lowest BCUT2D eigenvalue weighted by atomic mass is 10.1. The van der Waals surface area contributed by atoms with E-state index in [-0.39, 0.29) is 11.8 Å². The molecule has 10 heteroatoms. The Hall–Kier alpha value is -2.56. The normalized spacial score (nSPS) is 13.3. The van der Waals surface area contributed by atoms with E-state index >= 15 is 0 Å². The van der Waals surface area contributed by atoms with Crippen molar-refractivity contribution in [2.75, 3.05) is 18.5 Å². The van der Waals surface area contributed by atoms with Gasteiger partial charge in [0, 0.05) is 17.6 Å². The largest absolute Gasteiger partial charge is 0.352 e. The summed E-state index contributed by atoms with van der Waals surface area (Å²) in [4.78, 5) is 24.9. The molecule has 8 nitrogen and oxygen atoms in total. The Labute approximate surface area is 173 Å². The number of unbranched alkanes of at least 4 members (excludes halogenated alkanes) is 1. The number of nitrogens with one attached hydrogen (secondary N) is 3. The van der Waals surface area contributed by atoms with E-state index < -0.39 is 0 Å². The number of carbonyl (C=O) groups excluding carboxylic acids is 2. The zero-order valence-corrected chi connectivity index (χ0v) is 17.1. The average molecular weight is 461 g/mol. The van der Waals surface area contributed by atoms with Crippen molar-refractivity contribution in [1.29, 1.82) is 0 Å². The van der Waals surface area contributed by atoms with Crippen molar-refractivity contribution in [3.63, 3.8) is 0 Å². The summed E-state index contributed by atoms with van der Waals surface area (Å²) in [6.45, 7) is 1.06. The van der Waals surface area contributed by atoms with Crippen molar-refractivity contribution in [2.45, 2.75) is 12.8 Å². The van der Waals surface area contributed by atoms with Gasteiger partial charge in [0.15, 0.2) is 0 Å². The van der Waals surface area contributed by atoms with Gasteiger partial charge in [0.2, 0.25) is 0 Å². The molecule has 1 aromatic heterocycles. The van der Waals surface area contributed by atoms with Crippen LogP contribution in [0.2, 0.25) is 0 Å². The maximum absolute atomic E-state index is 12.5. The van der Waals surface area contributed by atoms with Crippen LogP contribution in [0.25, 0.3) is 10.2 Å². The number of carbonyl (C=O) groups is 2. The Morgan fingerprint density at radius 1 is 1.25 bits per heavy atom. The molecule has 0 atom stereocenters. The number of rotatable bonds is 6. The Morgan fingerprint density at radius 2 is 2.14 bits per heavy atom. The summed E-state index contributed by atoms with van der Waals surface area (Å²) in [6, 6.07) is 10.9. The van der Waals surface area contributed by atoms with Gasteiger partial charge in [-0.25, -0.2) is 0 Å². The van der Waals surface area contributed by atoms with Crippen LogP contribution >= 0.6 is 27.5 Å². The summed E-state index contributed by atoms with van der Waals surface area (Å²) < 4.78 is 5.59. The zero-order valence-electron chi connectivity index (χ0n) is 14.7. The lowest BCUT2D eigenvalue weighted by Crippen LogP contribution is -2.50. The van der Waals surface area contributed by atoms with E-state index in [1.165, 1.54) is 11.5 Å². The molecule has 28 heavy (non-hydrogen) atoms. The third-order valence-electron chi connectivity index (χ3n) is 4.40. The Bertz CT molecular complexity index is 1040. The van der Waals surface area contributed by atoms with Gasteiger partial charge in [-0.1, -0.05) is 26.5 Å². The minimum atomic E-state index is -0.134. The fraction of sp³-hybridized carbons (Fsp3) is 0.222. The van der Waals surface area contributed by atoms with Gasteiger partial charge in [0.1, 0.15) is 5.52 Å². The molecular formula is C18H17BrN6O2S. The number of fused-ring (bicyclic) bond motifs is 2. The Morgan fingerprint density at radius 3 is 3.04 bits per heavy atom. The molecule has 2 amide bonds. The highest BCUT2D eigenvalue weighted by molar-refractivity contribution is 9.10. The molecule has 0 radical (unpaired) electrons. The van der Waals surface area contributed by atoms with Gasteiger partial charge < -0.3 is 10.7 Å². The molecule has 0 bridgehead atoms. The second-order valence-electron chi connectivity index (χ2n) is 6.27. The van der Waals surface area contributed by atoms with Gasteiger partial charge in [-0.3, -0.25) is 14.6 Å². The molecular weight excluding hydrogens is 444 g/mol. The first-order valence-electron chi connectivity index (χ1n) is 8.76. The van der Waals surface area contributed by atoms with Gasteiger partial charge in [0.05, 0.1) is 21.5 Å². The third-order valence-corrected chi connectivity index (χ3v) is 5.66. The van der Waals surface area contributed by atoms with E-state index in [4.69, 9.17) is 0 Å². The maximum Gasteiger partial charge on any atom is 0.271 e. The predicted octanol–water partition coefficient (Wildman–Crippen LogP) is 2.95. The first-order chi connectivity index (χ1) is 13.6. The molecule has 0 fully saturated rings. The van der Waals surface area contributed by atoms with Crippen molar-refractivity contribution in [1.82, 2.24) is 25.4 Å². The Balaban J connectivity index is 1.25. The molecule has 0 saturated carbocycles. The topological polar surface area (TPSA) is 99.2 Å². The smallest absolute Gasteiger partial charge is 0.271 e. The van der Waals surface area contributed by atoms with Crippen molar-refractivity contribution < 1.29 is 9.59 Å². The van der Waals surface area contributed by atoms with E-state index in [0.29, 0.717) is 24.2 Å². The number of halogens is 1. The second-order valence-corrected chi connectivity index (χ2v) is 7.94. The van der Waals surface area contributed by atoms with Gasteiger partial charge in [-0.2, -0.15) is 0 Å². The summed E-state index contributed by atoms with van der Waals surface area (Å²) >= 11 is 4.61. The van der Waals surface area contributed by atoms with E-state index in [2.05, 4.69) is 41.8 Å². The number of hydrogen-bond acceptors (Lipinski definition) is 7. The number of hydrazine groups is 2. The highest BCUT2D eigenvalue weighted by Gasteiger charge is 2.23. The second kappa shape index (κ2) is 8.21. The minimum absolute atomic E-state index is 0.0744. The lowest BCUT2D eigenvalue weighted by Gasteiger charge is -2.30. The summed E-state index contributed by atoms with van der Waals surface area (Å²) in [5.74, 6) is -0.209. The molecule has 0 spiro atoms. The Kier molecular flexibility index (Phi) is 5.51. The summed E-state index contributed by atoms with van der Waals surface area (Å²) in [5.41, 5.74) is 8.62. The summed E-state index contributed by atoms with van der Waals surface area (Å²) in [5, 5.41) is 8.45. The van der Waals surface area contributed by atoms with Crippen molar-refractivity contribution >= 4 is 55.2 Å². The quantitative estimate of drug-likeness (QED) is 0.489. The number of benzene rings is 2. The molecule has 1 aliphatic heterocycles. The third kappa shape index (κ3) is 3.84. The van der Waals surface area contributed by atoms with E-state index in [1.807, 2.05) is 18.2 Å². The van der Waals surface area contributed by atoms with Crippen LogP contribution in [-0.2, 0) is 0 Å². The molecule has 3 N–H and O–H groups in total. The number of nitrogens with zero attached hydrogens (tertiary/aromatic N) is 3. The van der Waals surface area contributed by atoms with E-state index in [1.54, 1.807) is 23.2 Å². The SMILES string of the molecule is O=C(NCCCCN1NNc2cc(Br)ccc2C1=O)c1cccc2nnsc12. The lowest BCUT2D eigenvalue weighted by molar-refractivity contribution is 0.0659. The molecule has 4 rings (SSSR count). The molecule has 0 aliphatic carbocycles. The number of hydrogen-bond donors (Lipinski definition) is 3. The molecule has 0 saturated heterocycles. The molecule has 2 aromatic carbocycles. The van der Waals surface area contributed by atoms with Crippen LogP contribution in [0.5, 0.6) is 0 Å². The standard InChI is InChI=1S/C18H17BrN6O2S/c19-11-6-7-12-15(10-11)21-23-25(18(12)27)9-2-1-8-20-17(26)13-4-3-5-14-16(13)28-24-22-14/h3-7,10,21,23H,1-2,8-9H2,(H,20,26). The van der Waals surface area contributed by atoms with Crippen LogP contribution in [0, 0.1) is 0 Å². The van der Waals surface area contributed by atoms with Crippen molar-refractivity contribution in [2.24, 2.45) is 0 Å². The number of anilines is 1. The van der Waals surface area contributed by atoms with Gasteiger partial charge in [-0.15, -0.1) is 10.6 Å². The van der Waals surface area contributed by atoms with Crippen LogP contribution in [0.3, 0.4) is 0 Å². The fourth-order valence-corrected chi connectivity index (χ4v) is 4.00. The molecule has 3 aromatic rings. The first kappa shape index (κ1) is 18.8. The highest BCUT2D eigenvalue weighted by Crippen LogP contribution is 2.24. The van der Waals surface area contributed by atoms with Crippen LogP contribution in [-0.4, -0.2) is 39.5 Å². The van der Waals surface area contributed by atoms with Gasteiger partial charge in [-0.05, 0) is 54.7 Å². The summed E-state index contributed by atoms with van der Waals surface area (Å²) in [6.07, 6.45) is 1.50. The minimum Gasteiger partial charge on any atom is -0.352 e. The number of amides is 2. The highest BCUT2D eigenvalue weighted by atomic mass is 79.9.